The Morgan fingerprint density at radius 2 is 1.63 bits per heavy atom. The number of nitrogens with zero attached hydrogens (tertiary/aromatic N) is 4. The number of carboxylic acid groups (broad SMARTS) is 1. The molecule has 15 heteroatoms. The minimum atomic E-state index is -5.06. The predicted octanol–water partition coefficient (Wildman–Crippen LogP) is 5.20. The summed E-state index contributed by atoms with van der Waals surface area (Å²) in [6.07, 6.45) is -2.94. The number of aliphatic carboxylic acids is 1. The maximum Gasteiger partial charge on any atom is 0.433 e. The summed E-state index contributed by atoms with van der Waals surface area (Å²) < 4.78 is 57.2. The zero-order valence-corrected chi connectivity index (χ0v) is 22.5. The zero-order valence-electron chi connectivity index (χ0n) is 21.0. The Bertz CT molecular complexity index is 1450. The lowest BCUT2D eigenvalue weighted by atomic mass is 9.82. The molecular formula is C26H22Cl2F4N4O5. The van der Waals surface area contributed by atoms with Gasteiger partial charge in [-0.25, -0.2) is 9.18 Å². The second-order valence-electron chi connectivity index (χ2n) is 9.61. The number of carboxylic acids is 1. The summed E-state index contributed by atoms with van der Waals surface area (Å²) in [7, 11) is 0. The number of ketones is 1. The van der Waals surface area contributed by atoms with Crippen molar-refractivity contribution < 1.29 is 42.2 Å². The summed E-state index contributed by atoms with van der Waals surface area (Å²) in [4.78, 5) is 42.8. The summed E-state index contributed by atoms with van der Waals surface area (Å²) in [6, 6.07) is 3.86. The van der Waals surface area contributed by atoms with Crippen molar-refractivity contribution in [3.8, 4) is 0 Å². The van der Waals surface area contributed by atoms with Crippen molar-refractivity contribution in [2.24, 2.45) is 0 Å². The summed E-state index contributed by atoms with van der Waals surface area (Å²) in [5.41, 5.74) is -4.16. The number of alkyl halides is 3. The van der Waals surface area contributed by atoms with E-state index in [1.807, 2.05) is 0 Å². The molecule has 2 aromatic heterocycles. The number of hydrogen-bond acceptors (Lipinski definition) is 6. The molecule has 1 saturated carbocycles. The van der Waals surface area contributed by atoms with Crippen molar-refractivity contribution in [2.45, 2.75) is 50.0 Å². The Balaban J connectivity index is 1.71. The van der Waals surface area contributed by atoms with Crippen LogP contribution in [0, 0.1) is 5.82 Å². The van der Waals surface area contributed by atoms with Gasteiger partial charge in [0.15, 0.2) is 17.1 Å². The first-order valence-electron chi connectivity index (χ1n) is 12.2. The molecule has 2 heterocycles. The highest BCUT2D eigenvalue weighted by Gasteiger charge is 2.46. The van der Waals surface area contributed by atoms with Crippen molar-refractivity contribution in [2.75, 3.05) is 6.54 Å². The molecule has 4 rings (SSSR count). The largest absolute Gasteiger partial charge is 0.479 e. The van der Waals surface area contributed by atoms with E-state index in [9.17, 15) is 42.2 Å². The Kier molecular flexibility index (Phi) is 8.71. The van der Waals surface area contributed by atoms with E-state index in [4.69, 9.17) is 23.2 Å². The van der Waals surface area contributed by atoms with Crippen LogP contribution >= 0.6 is 23.2 Å². The lowest BCUT2D eigenvalue weighted by Gasteiger charge is -2.33. The number of benzene rings is 1. The highest BCUT2D eigenvalue weighted by Crippen LogP contribution is 2.40. The summed E-state index contributed by atoms with van der Waals surface area (Å²) in [5.74, 6) is -4.03. The minimum absolute atomic E-state index is 0.126. The number of halogens is 6. The Hall–Kier alpha value is -3.55. The van der Waals surface area contributed by atoms with Gasteiger partial charge in [0.05, 0.1) is 40.0 Å². The fourth-order valence-electron chi connectivity index (χ4n) is 4.73. The van der Waals surface area contributed by atoms with Crippen molar-refractivity contribution in [1.82, 2.24) is 19.7 Å². The number of aromatic nitrogens is 3. The van der Waals surface area contributed by atoms with Gasteiger partial charge in [0.1, 0.15) is 5.82 Å². The normalized spacial score (nSPS) is 19.1. The van der Waals surface area contributed by atoms with Gasteiger partial charge in [-0.1, -0.05) is 35.3 Å². The minimum Gasteiger partial charge on any atom is -0.479 e. The first-order chi connectivity index (χ1) is 19.2. The highest BCUT2D eigenvalue weighted by atomic mass is 35.5. The van der Waals surface area contributed by atoms with Crippen LogP contribution in [0.1, 0.15) is 63.7 Å². The van der Waals surface area contributed by atoms with Gasteiger partial charge in [-0.3, -0.25) is 19.3 Å². The molecule has 0 saturated heterocycles. The monoisotopic (exact) mass is 616 g/mol. The average molecular weight is 617 g/mol. The molecule has 3 aromatic rings. The Morgan fingerprint density at radius 1 is 1.05 bits per heavy atom. The molecule has 0 aliphatic heterocycles. The van der Waals surface area contributed by atoms with E-state index in [0.717, 1.165) is 35.6 Å². The van der Waals surface area contributed by atoms with Crippen LogP contribution in [-0.4, -0.2) is 59.7 Å². The number of carbonyl (C=O) groups excluding carboxylic acids is 2. The second-order valence-corrected chi connectivity index (χ2v) is 10.4. The maximum atomic E-state index is 14.4. The molecule has 1 aromatic carbocycles. The lowest BCUT2D eigenvalue weighted by molar-refractivity contribution is -0.163. The molecule has 41 heavy (non-hydrogen) atoms. The SMILES string of the molecule is O=C(CN(Cc1ccc(F)cc1)C(=O)c1cnn([C@H]2CC[C@](O)(C(=O)O)CC2)c1C(F)(F)F)c1c(Cl)cncc1Cl. The van der Waals surface area contributed by atoms with Crippen LogP contribution in [0.4, 0.5) is 17.6 Å². The van der Waals surface area contributed by atoms with Gasteiger partial charge in [0.25, 0.3) is 5.91 Å². The molecule has 2 N–H and O–H groups in total. The van der Waals surface area contributed by atoms with E-state index >= 15 is 0 Å². The molecule has 1 aliphatic carbocycles. The number of pyridine rings is 1. The fourth-order valence-corrected chi connectivity index (χ4v) is 5.30. The highest BCUT2D eigenvalue weighted by molar-refractivity contribution is 6.39. The van der Waals surface area contributed by atoms with Gasteiger partial charge in [0.2, 0.25) is 0 Å². The van der Waals surface area contributed by atoms with Crippen molar-refractivity contribution in [1.29, 1.82) is 0 Å². The Morgan fingerprint density at radius 3 is 2.17 bits per heavy atom. The first-order valence-corrected chi connectivity index (χ1v) is 12.9. The first kappa shape index (κ1) is 30.4. The third kappa shape index (κ3) is 6.52. The number of hydrogen-bond donors (Lipinski definition) is 2. The van der Waals surface area contributed by atoms with Gasteiger partial charge in [-0.15, -0.1) is 0 Å². The molecule has 0 atom stereocenters. The van der Waals surface area contributed by atoms with Crippen LogP contribution in [0.25, 0.3) is 0 Å². The topological polar surface area (TPSA) is 126 Å². The summed E-state index contributed by atoms with van der Waals surface area (Å²) >= 11 is 12.1. The summed E-state index contributed by atoms with van der Waals surface area (Å²) in [5, 5.41) is 23.0. The standard InChI is InChI=1S/C26H22Cl2F4N4O5/c27-18-10-33-11-19(28)21(18)20(37)13-35(12-14-1-3-15(29)4-2-14)23(38)17-9-34-36(22(17)26(30,31)32)16-5-7-25(41,8-6-16)24(39)40/h1-4,9-11,16,41H,5-8,12-13H2,(H,39,40)/t16-,25+. The van der Waals surface area contributed by atoms with Crippen LogP contribution < -0.4 is 0 Å². The fraction of sp³-hybridized carbons (Fsp3) is 0.346. The van der Waals surface area contributed by atoms with Gasteiger partial charge >= 0.3 is 12.1 Å². The molecule has 1 amide bonds. The average Bonchev–Trinajstić information content (AvgIpc) is 3.35. The molecule has 0 bridgehead atoms. The van der Waals surface area contributed by atoms with E-state index in [1.54, 1.807) is 0 Å². The van der Waals surface area contributed by atoms with Crippen molar-refractivity contribution in [3.05, 3.63) is 81.1 Å². The smallest absolute Gasteiger partial charge is 0.433 e. The molecular weight excluding hydrogens is 595 g/mol. The summed E-state index contributed by atoms with van der Waals surface area (Å²) in [6.45, 7) is -1.11. The van der Waals surface area contributed by atoms with Crippen LogP contribution in [0.3, 0.4) is 0 Å². The van der Waals surface area contributed by atoms with Gasteiger partial charge in [-0.05, 0) is 43.4 Å². The van der Waals surface area contributed by atoms with E-state index in [1.165, 1.54) is 12.1 Å². The van der Waals surface area contributed by atoms with Crippen LogP contribution in [0.2, 0.25) is 10.0 Å². The number of Topliss-reactive ketones (excluding diaryl/α,β-unsaturated/α-hetero) is 1. The van der Waals surface area contributed by atoms with E-state index in [2.05, 4.69) is 10.1 Å². The van der Waals surface area contributed by atoms with Crippen LogP contribution in [0.15, 0.2) is 42.9 Å². The molecule has 1 aliphatic rings. The quantitative estimate of drug-likeness (QED) is 0.263. The third-order valence-corrected chi connectivity index (χ3v) is 7.43. The van der Waals surface area contributed by atoms with Gasteiger partial charge < -0.3 is 15.1 Å². The van der Waals surface area contributed by atoms with E-state index < -0.39 is 59.1 Å². The zero-order chi connectivity index (χ0) is 30.1. The lowest BCUT2D eigenvalue weighted by Crippen LogP contribution is -2.42. The van der Waals surface area contributed by atoms with E-state index in [0.29, 0.717) is 10.2 Å². The second kappa shape index (κ2) is 11.7. The third-order valence-electron chi connectivity index (χ3n) is 6.86. The number of carbonyl (C=O) groups is 3. The molecule has 1 fully saturated rings. The predicted molar refractivity (Wildman–Crippen MR) is 137 cm³/mol. The number of amides is 1. The number of aliphatic hydroxyl groups is 1. The molecule has 0 unspecified atom stereocenters. The van der Waals surface area contributed by atoms with E-state index in [-0.39, 0.29) is 47.8 Å². The maximum absolute atomic E-state index is 14.4. The Labute approximate surface area is 240 Å². The molecule has 218 valence electrons. The van der Waals surface area contributed by atoms with Crippen molar-refractivity contribution in [3.63, 3.8) is 0 Å². The molecule has 9 nitrogen and oxygen atoms in total. The molecule has 0 radical (unpaired) electrons. The van der Waals surface area contributed by atoms with Gasteiger partial charge in [-0.2, -0.15) is 18.3 Å². The number of rotatable bonds is 8. The molecule has 0 spiro atoms. The van der Waals surface area contributed by atoms with Crippen LogP contribution in [-0.2, 0) is 17.5 Å². The van der Waals surface area contributed by atoms with Crippen LogP contribution in [0.5, 0.6) is 0 Å². The van der Waals surface area contributed by atoms with Gasteiger partial charge in [0, 0.05) is 18.9 Å². The van der Waals surface area contributed by atoms with Crippen molar-refractivity contribution >= 4 is 40.9 Å².